The molecule has 14 heteroatoms. The van der Waals surface area contributed by atoms with Crippen LogP contribution in [0.2, 0.25) is 0 Å². The molecule has 0 aliphatic rings. The quantitative estimate of drug-likeness (QED) is 0.238. The van der Waals surface area contributed by atoms with Crippen LogP contribution in [-0.2, 0) is 16.7 Å². The first kappa shape index (κ1) is 24.2. The molecule has 0 aliphatic heterocycles. The third-order valence-corrected chi connectivity index (χ3v) is 5.82. The number of carbonyl (C=O) groups excluding carboxylic acids is 1. The largest absolute Gasteiger partial charge is 0.383 e. The summed E-state index contributed by atoms with van der Waals surface area (Å²) in [5.41, 5.74) is 3.66. The van der Waals surface area contributed by atoms with Gasteiger partial charge >= 0.3 is 15.8 Å². The van der Waals surface area contributed by atoms with Gasteiger partial charge in [-0.25, -0.2) is 4.79 Å². The summed E-state index contributed by atoms with van der Waals surface area (Å²) in [4.78, 5) is 49.0. The van der Waals surface area contributed by atoms with Gasteiger partial charge in [-0.05, 0) is 42.8 Å². The maximum absolute atomic E-state index is 12.6. The molecule has 0 spiro atoms. The lowest BCUT2D eigenvalue weighted by atomic mass is 10.2. The Hall–Kier alpha value is -4.46. The van der Waals surface area contributed by atoms with Crippen LogP contribution in [-0.4, -0.2) is 28.8 Å². The van der Waals surface area contributed by atoms with Crippen molar-refractivity contribution in [3.05, 3.63) is 85.0 Å². The molecular weight excluding hydrogens is 470 g/mol. The number of amides is 1. The van der Waals surface area contributed by atoms with Crippen LogP contribution in [0.3, 0.4) is 0 Å². The molecule has 34 heavy (non-hydrogen) atoms. The number of nitrogens with zero attached hydrogens (tertiary/aromatic N) is 2. The molecule has 0 unspecified atom stereocenters. The van der Waals surface area contributed by atoms with E-state index in [1.165, 1.54) is 12.1 Å². The Bertz CT molecular complexity index is 1460. The number of non-ortho nitro benzene ring substituents is 1. The maximum Gasteiger partial charge on any atom is 0.339 e. The van der Waals surface area contributed by atoms with E-state index in [9.17, 15) is 32.9 Å². The van der Waals surface area contributed by atoms with E-state index in [0.717, 1.165) is 41.0 Å². The lowest BCUT2D eigenvalue weighted by Gasteiger charge is -2.11. The minimum atomic E-state index is -4.29. The van der Waals surface area contributed by atoms with Crippen LogP contribution < -0.4 is 26.5 Å². The first-order valence-corrected chi connectivity index (χ1v) is 11.2. The van der Waals surface area contributed by atoms with Crippen molar-refractivity contribution in [2.24, 2.45) is 0 Å². The summed E-state index contributed by atoms with van der Waals surface area (Å²) in [5.74, 6) is -1.21. The highest BCUT2D eigenvalue weighted by atomic mass is 32.2. The predicted molar refractivity (Wildman–Crippen MR) is 121 cm³/mol. The Balaban J connectivity index is 1.79. The van der Waals surface area contributed by atoms with Crippen LogP contribution in [0.15, 0.2) is 63.0 Å². The van der Waals surface area contributed by atoms with E-state index in [2.05, 4.69) is 10.3 Å². The number of nitrogen functional groups attached to an aromatic ring is 1. The summed E-state index contributed by atoms with van der Waals surface area (Å²) in [6.45, 7) is 1.89. The van der Waals surface area contributed by atoms with Crippen molar-refractivity contribution in [1.82, 2.24) is 9.55 Å². The van der Waals surface area contributed by atoms with Gasteiger partial charge in [0.25, 0.3) is 17.2 Å². The molecule has 178 valence electrons. The molecule has 4 N–H and O–H groups in total. The fourth-order valence-corrected chi connectivity index (χ4v) is 3.82. The molecule has 0 fully saturated rings. The molecule has 3 rings (SSSR count). The Morgan fingerprint density at radius 2 is 1.76 bits per heavy atom. The molecule has 13 nitrogen and oxygen atoms in total. The lowest BCUT2D eigenvalue weighted by Crippen LogP contribution is -2.38. The number of nitrogens with two attached hydrogens (primary N) is 1. The first-order chi connectivity index (χ1) is 16.0. The number of nitro benzene ring substituents is 1. The molecule has 0 bridgehead atoms. The number of benzene rings is 2. The van der Waals surface area contributed by atoms with Crippen molar-refractivity contribution in [3.63, 3.8) is 0 Å². The number of aromatic amines is 1. The fraction of sp³-hybridized carbons (Fsp3) is 0.150. The molecular formula is C20H19N5O8S. The number of H-pyrrole nitrogens is 1. The highest BCUT2D eigenvalue weighted by molar-refractivity contribution is 7.87. The topological polar surface area (TPSA) is 196 Å². The van der Waals surface area contributed by atoms with Gasteiger partial charge in [0.2, 0.25) is 0 Å². The summed E-state index contributed by atoms with van der Waals surface area (Å²) in [6, 6.07) is 9.06. The average Bonchev–Trinajstić information content (AvgIpc) is 2.79. The fourth-order valence-electron chi connectivity index (χ4n) is 2.89. The molecule has 0 saturated carbocycles. The van der Waals surface area contributed by atoms with Gasteiger partial charge in [-0.3, -0.25) is 29.3 Å². The number of anilines is 2. The molecule has 0 aliphatic carbocycles. The summed E-state index contributed by atoms with van der Waals surface area (Å²) < 4.78 is 30.8. The predicted octanol–water partition coefficient (Wildman–Crippen LogP) is 1.46. The van der Waals surface area contributed by atoms with Gasteiger partial charge < -0.3 is 15.2 Å². The standard InChI is InChI=1S/C20H19N5O8S/c1-2-11-24-19(27)16(17(21)23-20(24)28)22-18(26)12-3-9-15(10-4-12)34(31,32)33-14-7-5-13(6-8-14)25(29)30/h3-10H,2,11,21H2,1H3,(H,22,26)(H,23,28). The molecule has 1 amide bonds. The third-order valence-electron chi connectivity index (χ3n) is 4.56. The molecule has 0 atom stereocenters. The van der Waals surface area contributed by atoms with Gasteiger partial charge in [-0.15, -0.1) is 0 Å². The number of nitro groups is 1. The number of rotatable bonds is 8. The number of nitrogens with one attached hydrogen (secondary N) is 2. The minimum absolute atomic E-state index is 0.00123. The van der Waals surface area contributed by atoms with Gasteiger partial charge in [0.05, 0.1) is 4.92 Å². The van der Waals surface area contributed by atoms with Crippen molar-refractivity contribution in [1.29, 1.82) is 0 Å². The zero-order valence-electron chi connectivity index (χ0n) is 17.7. The van der Waals surface area contributed by atoms with Gasteiger partial charge in [-0.1, -0.05) is 6.92 Å². The summed E-state index contributed by atoms with van der Waals surface area (Å²) in [5, 5.41) is 13.0. The number of carbonyl (C=O) groups is 1. The second-order valence-electron chi connectivity index (χ2n) is 6.94. The molecule has 3 aromatic rings. The Morgan fingerprint density at radius 3 is 2.32 bits per heavy atom. The van der Waals surface area contributed by atoms with Crippen molar-refractivity contribution in [2.75, 3.05) is 11.1 Å². The average molecular weight is 489 g/mol. The summed E-state index contributed by atoms with van der Waals surface area (Å²) in [6.07, 6.45) is 0.498. The Kier molecular flexibility index (Phi) is 6.81. The van der Waals surface area contributed by atoms with E-state index in [-0.39, 0.29) is 39.9 Å². The normalized spacial score (nSPS) is 11.1. The zero-order valence-corrected chi connectivity index (χ0v) is 18.5. The smallest absolute Gasteiger partial charge is 0.339 e. The van der Waals surface area contributed by atoms with Crippen molar-refractivity contribution in [3.8, 4) is 5.75 Å². The van der Waals surface area contributed by atoms with Gasteiger partial charge in [-0.2, -0.15) is 8.42 Å². The molecule has 1 aromatic heterocycles. The molecule has 2 aromatic carbocycles. The first-order valence-electron chi connectivity index (χ1n) is 9.76. The third kappa shape index (κ3) is 5.12. The van der Waals surface area contributed by atoms with E-state index in [1.807, 2.05) is 0 Å². The van der Waals surface area contributed by atoms with E-state index in [1.54, 1.807) is 6.92 Å². The van der Waals surface area contributed by atoms with Crippen molar-refractivity contribution < 1.29 is 22.3 Å². The highest BCUT2D eigenvalue weighted by Crippen LogP contribution is 2.22. The second-order valence-corrected chi connectivity index (χ2v) is 8.49. The molecule has 0 radical (unpaired) electrons. The highest BCUT2D eigenvalue weighted by Gasteiger charge is 2.20. The number of hydrogen-bond donors (Lipinski definition) is 3. The van der Waals surface area contributed by atoms with E-state index in [4.69, 9.17) is 9.92 Å². The van der Waals surface area contributed by atoms with Gasteiger partial charge in [0.15, 0.2) is 0 Å². The van der Waals surface area contributed by atoms with Crippen LogP contribution >= 0.6 is 0 Å². The van der Waals surface area contributed by atoms with Crippen LogP contribution in [0.25, 0.3) is 0 Å². The monoisotopic (exact) mass is 489 g/mol. The molecule has 1 heterocycles. The van der Waals surface area contributed by atoms with Crippen molar-refractivity contribution in [2.45, 2.75) is 24.8 Å². The van der Waals surface area contributed by atoms with Crippen LogP contribution in [0.5, 0.6) is 5.75 Å². The van der Waals surface area contributed by atoms with E-state index in [0.29, 0.717) is 6.42 Å². The number of hydrogen-bond acceptors (Lipinski definition) is 9. The lowest BCUT2D eigenvalue weighted by molar-refractivity contribution is -0.384. The second kappa shape index (κ2) is 9.58. The number of aromatic nitrogens is 2. The van der Waals surface area contributed by atoms with Crippen LogP contribution in [0.4, 0.5) is 17.2 Å². The minimum Gasteiger partial charge on any atom is -0.383 e. The van der Waals surface area contributed by atoms with Crippen LogP contribution in [0.1, 0.15) is 23.7 Å². The maximum atomic E-state index is 12.6. The van der Waals surface area contributed by atoms with Gasteiger partial charge in [0.1, 0.15) is 22.2 Å². The Labute approximate surface area is 192 Å². The van der Waals surface area contributed by atoms with E-state index < -0.39 is 32.2 Å². The van der Waals surface area contributed by atoms with Gasteiger partial charge in [0, 0.05) is 24.2 Å². The summed E-state index contributed by atoms with van der Waals surface area (Å²) >= 11 is 0. The molecule has 0 saturated heterocycles. The Morgan fingerprint density at radius 1 is 1.15 bits per heavy atom. The SMILES string of the molecule is CCCn1c(=O)[nH]c(N)c(NC(=O)c2ccc(S(=O)(=O)Oc3ccc([N+](=O)[O-])cc3)cc2)c1=O. The van der Waals surface area contributed by atoms with Crippen LogP contribution in [0, 0.1) is 10.1 Å². The van der Waals surface area contributed by atoms with Crippen molar-refractivity contribution >= 4 is 33.2 Å². The summed E-state index contributed by atoms with van der Waals surface area (Å²) in [7, 11) is -4.29. The zero-order chi connectivity index (χ0) is 25.0. The van der Waals surface area contributed by atoms with E-state index >= 15 is 0 Å².